The molecule has 1 rings (SSSR count). The van der Waals surface area contributed by atoms with Crippen molar-refractivity contribution in [2.75, 3.05) is 0 Å². The van der Waals surface area contributed by atoms with E-state index in [9.17, 15) is 14.4 Å². The van der Waals surface area contributed by atoms with Gasteiger partial charge >= 0.3 is 11.9 Å². The molecule has 0 heterocycles. The molecule has 0 radical (unpaired) electrons. The largest absolute Gasteiger partial charge is 0.481 e. The molecule has 1 aromatic rings. The number of carboxylic acid groups (broad SMARTS) is 1. The molecule has 114 valence electrons. The number of Topliss-reactive ketones (excluding diaryl/α,β-unsaturated/α-hetero) is 1. The molecule has 0 saturated carbocycles. The number of carboxylic acids is 1. The molecule has 1 unspecified atom stereocenters. The molecule has 0 bridgehead atoms. The van der Waals surface area contributed by atoms with E-state index in [0.29, 0.717) is 5.56 Å². The Labute approximate surface area is 123 Å². The zero-order valence-electron chi connectivity index (χ0n) is 12.5. The predicted octanol–water partition coefficient (Wildman–Crippen LogP) is 2.69. The molecule has 0 aliphatic rings. The number of rotatable bonds is 6. The first kappa shape index (κ1) is 16.9. The Morgan fingerprint density at radius 1 is 1.10 bits per heavy atom. The molecule has 0 amide bonds. The van der Waals surface area contributed by atoms with Crippen molar-refractivity contribution in [2.24, 2.45) is 5.92 Å². The Bertz CT molecular complexity index is 513. The summed E-state index contributed by atoms with van der Waals surface area (Å²) in [5, 5.41) is 8.92. The highest BCUT2D eigenvalue weighted by molar-refractivity contribution is 6.00. The maximum atomic E-state index is 12.3. The van der Waals surface area contributed by atoms with E-state index in [4.69, 9.17) is 9.84 Å². The highest BCUT2D eigenvalue weighted by atomic mass is 16.6. The standard InChI is InChI=1S/C16H20O5/c1-16(2,3)21-14(19)10-12(9-13(17)18)15(20)11-7-5-4-6-8-11/h4-8,12H,9-10H2,1-3H3,(H,17,18). The summed E-state index contributed by atoms with van der Waals surface area (Å²) in [4.78, 5) is 35.0. The van der Waals surface area contributed by atoms with Gasteiger partial charge in [0.1, 0.15) is 5.60 Å². The molecule has 1 aromatic carbocycles. The quantitative estimate of drug-likeness (QED) is 0.644. The molecule has 0 spiro atoms. The van der Waals surface area contributed by atoms with Gasteiger partial charge in [-0.05, 0) is 20.8 Å². The third-order valence-electron chi connectivity index (χ3n) is 2.68. The van der Waals surface area contributed by atoms with Gasteiger partial charge in [0.15, 0.2) is 5.78 Å². The Balaban J connectivity index is 2.83. The van der Waals surface area contributed by atoms with Crippen LogP contribution in [0.3, 0.4) is 0 Å². The average molecular weight is 292 g/mol. The highest BCUT2D eigenvalue weighted by Gasteiger charge is 2.28. The maximum absolute atomic E-state index is 12.3. The van der Waals surface area contributed by atoms with E-state index in [1.165, 1.54) is 0 Å². The van der Waals surface area contributed by atoms with Crippen LogP contribution in [0.25, 0.3) is 0 Å². The molecule has 0 aromatic heterocycles. The van der Waals surface area contributed by atoms with Crippen molar-refractivity contribution in [1.29, 1.82) is 0 Å². The van der Waals surface area contributed by atoms with Gasteiger partial charge in [0.25, 0.3) is 0 Å². The fraction of sp³-hybridized carbons (Fsp3) is 0.438. The second kappa shape index (κ2) is 7.02. The molecule has 0 fully saturated rings. The van der Waals surface area contributed by atoms with Crippen LogP contribution in [0.2, 0.25) is 0 Å². The van der Waals surface area contributed by atoms with Crippen LogP contribution >= 0.6 is 0 Å². The van der Waals surface area contributed by atoms with Gasteiger partial charge in [0.2, 0.25) is 0 Å². The monoisotopic (exact) mass is 292 g/mol. The molecule has 0 aliphatic carbocycles. The van der Waals surface area contributed by atoms with Crippen LogP contribution < -0.4 is 0 Å². The molecular weight excluding hydrogens is 272 g/mol. The third-order valence-corrected chi connectivity index (χ3v) is 2.68. The van der Waals surface area contributed by atoms with E-state index in [2.05, 4.69) is 0 Å². The molecule has 1 N–H and O–H groups in total. The van der Waals surface area contributed by atoms with Crippen LogP contribution in [-0.4, -0.2) is 28.4 Å². The fourth-order valence-corrected chi connectivity index (χ4v) is 1.89. The number of esters is 1. The first-order valence-electron chi connectivity index (χ1n) is 6.72. The van der Waals surface area contributed by atoms with Crippen LogP contribution in [-0.2, 0) is 14.3 Å². The Morgan fingerprint density at radius 2 is 1.67 bits per heavy atom. The number of ketones is 1. The van der Waals surface area contributed by atoms with Gasteiger partial charge < -0.3 is 9.84 Å². The Morgan fingerprint density at radius 3 is 2.14 bits per heavy atom. The summed E-state index contributed by atoms with van der Waals surface area (Å²) in [7, 11) is 0. The van der Waals surface area contributed by atoms with Crippen molar-refractivity contribution < 1.29 is 24.2 Å². The van der Waals surface area contributed by atoms with Gasteiger partial charge in [0, 0.05) is 11.5 Å². The molecule has 21 heavy (non-hydrogen) atoms. The van der Waals surface area contributed by atoms with Gasteiger partial charge in [-0.3, -0.25) is 14.4 Å². The van der Waals surface area contributed by atoms with Crippen LogP contribution in [0.15, 0.2) is 30.3 Å². The van der Waals surface area contributed by atoms with Crippen molar-refractivity contribution >= 4 is 17.7 Å². The lowest BCUT2D eigenvalue weighted by Crippen LogP contribution is -2.28. The van der Waals surface area contributed by atoms with Crippen molar-refractivity contribution in [2.45, 2.75) is 39.2 Å². The minimum absolute atomic E-state index is 0.239. The second-order valence-electron chi connectivity index (χ2n) is 5.82. The first-order chi connectivity index (χ1) is 9.69. The Hall–Kier alpha value is -2.17. The topological polar surface area (TPSA) is 80.7 Å². The minimum atomic E-state index is -1.12. The van der Waals surface area contributed by atoms with Gasteiger partial charge in [-0.2, -0.15) is 0 Å². The van der Waals surface area contributed by atoms with Gasteiger partial charge in [-0.25, -0.2) is 0 Å². The molecule has 0 saturated heterocycles. The maximum Gasteiger partial charge on any atom is 0.307 e. The molecule has 5 heteroatoms. The normalized spacial score (nSPS) is 12.5. The van der Waals surface area contributed by atoms with Crippen LogP contribution in [0.1, 0.15) is 44.0 Å². The zero-order valence-corrected chi connectivity index (χ0v) is 12.5. The number of carbonyl (C=O) groups excluding carboxylic acids is 2. The van der Waals surface area contributed by atoms with E-state index < -0.39 is 29.9 Å². The zero-order chi connectivity index (χ0) is 16.0. The number of hydrogen-bond acceptors (Lipinski definition) is 4. The van der Waals surface area contributed by atoms with E-state index >= 15 is 0 Å². The van der Waals surface area contributed by atoms with Gasteiger partial charge in [0.05, 0.1) is 12.8 Å². The van der Waals surface area contributed by atoms with Crippen LogP contribution in [0, 0.1) is 5.92 Å². The minimum Gasteiger partial charge on any atom is -0.481 e. The first-order valence-corrected chi connectivity index (χ1v) is 6.72. The molecular formula is C16H20O5. The lowest BCUT2D eigenvalue weighted by molar-refractivity contribution is -0.155. The lowest BCUT2D eigenvalue weighted by atomic mass is 9.91. The highest BCUT2D eigenvalue weighted by Crippen LogP contribution is 2.19. The van der Waals surface area contributed by atoms with E-state index in [0.717, 1.165) is 0 Å². The van der Waals surface area contributed by atoms with Crippen LogP contribution in [0.4, 0.5) is 0 Å². The number of hydrogen-bond donors (Lipinski definition) is 1. The second-order valence-corrected chi connectivity index (χ2v) is 5.82. The SMILES string of the molecule is CC(C)(C)OC(=O)CC(CC(=O)O)C(=O)c1ccccc1. The number of aliphatic carboxylic acids is 1. The third kappa shape index (κ3) is 6.21. The summed E-state index contributed by atoms with van der Waals surface area (Å²) in [6.45, 7) is 5.16. The van der Waals surface area contributed by atoms with Crippen molar-refractivity contribution in [3.63, 3.8) is 0 Å². The smallest absolute Gasteiger partial charge is 0.307 e. The predicted molar refractivity (Wildman–Crippen MR) is 77.0 cm³/mol. The van der Waals surface area contributed by atoms with E-state index in [1.807, 2.05) is 0 Å². The van der Waals surface area contributed by atoms with E-state index in [-0.39, 0.29) is 12.2 Å². The Kier molecular flexibility index (Phi) is 5.64. The summed E-state index contributed by atoms with van der Waals surface area (Å²) in [5.41, 5.74) is -0.270. The molecule has 1 atom stereocenters. The van der Waals surface area contributed by atoms with Gasteiger partial charge in [-0.1, -0.05) is 30.3 Å². The number of ether oxygens (including phenoxy) is 1. The summed E-state index contributed by atoms with van der Waals surface area (Å²) < 4.78 is 5.15. The van der Waals surface area contributed by atoms with Crippen molar-refractivity contribution in [1.82, 2.24) is 0 Å². The van der Waals surface area contributed by atoms with Crippen molar-refractivity contribution in [3.8, 4) is 0 Å². The summed E-state index contributed by atoms with van der Waals surface area (Å²) in [5.74, 6) is -2.96. The van der Waals surface area contributed by atoms with Gasteiger partial charge in [-0.15, -0.1) is 0 Å². The van der Waals surface area contributed by atoms with Crippen molar-refractivity contribution in [3.05, 3.63) is 35.9 Å². The number of benzene rings is 1. The summed E-state index contributed by atoms with van der Waals surface area (Å²) in [6.07, 6.45) is -0.635. The lowest BCUT2D eigenvalue weighted by Gasteiger charge is -2.21. The van der Waals surface area contributed by atoms with E-state index in [1.54, 1.807) is 51.1 Å². The summed E-state index contributed by atoms with van der Waals surface area (Å²) in [6, 6.07) is 8.35. The molecule has 5 nitrogen and oxygen atoms in total. The fourth-order valence-electron chi connectivity index (χ4n) is 1.89. The van der Waals surface area contributed by atoms with Crippen LogP contribution in [0.5, 0.6) is 0 Å². The molecule has 0 aliphatic heterocycles. The average Bonchev–Trinajstić information content (AvgIpc) is 2.35. The number of carbonyl (C=O) groups is 3. The summed E-state index contributed by atoms with van der Waals surface area (Å²) >= 11 is 0.